The van der Waals surface area contributed by atoms with Crippen LogP contribution in [-0.2, 0) is 4.74 Å². The number of ether oxygens (including phenoxy) is 1. The third-order valence-electron chi connectivity index (χ3n) is 3.36. The SMILES string of the molecule is CC1OCCC1N(C)CCCC(C)(N)C#N. The van der Waals surface area contributed by atoms with Gasteiger partial charge in [-0.25, -0.2) is 0 Å². The fourth-order valence-electron chi connectivity index (χ4n) is 2.22. The monoisotopic (exact) mass is 225 g/mol. The molecule has 1 heterocycles. The summed E-state index contributed by atoms with van der Waals surface area (Å²) in [6.45, 7) is 5.75. The van der Waals surface area contributed by atoms with Crippen molar-refractivity contribution in [2.45, 2.75) is 50.8 Å². The van der Waals surface area contributed by atoms with Crippen LogP contribution in [0.2, 0.25) is 0 Å². The van der Waals surface area contributed by atoms with E-state index in [4.69, 9.17) is 15.7 Å². The molecule has 1 rings (SSSR count). The smallest absolute Gasteiger partial charge is 0.101 e. The summed E-state index contributed by atoms with van der Waals surface area (Å²) in [5, 5.41) is 8.80. The lowest BCUT2D eigenvalue weighted by atomic mass is 9.99. The summed E-state index contributed by atoms with van der Waals surface area (Å²) >= 11 is 0. The fraction of sp³-hybridized carbons (Fsp3) is 0.917. The van der Waals surface area contributed by atoms with Gasteiger partial charge in [-0.15, -0.1) is 0 Å². The molecular formula is C12H23N3O. The Labute approximate surface area is 98.4 Å². The highest BCUT2D eigenvalue weighted by atomic mass is 16.5. The predicted octanol–water partition coefficient (Wildman–Crippen LogP) is 1.12. The second-order valence-electron chi connectivity index (χ2n) is 5.05. The van der Waals surface area contributed by atoms with E-state index in [1.54, 1.807) is 6.92 Å². The minimum absolute atomic E-state index is 0.324. The largest absolute Gasteiger partial charge is 0.377 e. The number of likely N-dealkylation sites (N-methyl/N-ethyl adjacent to an activating group) is 1. The minimum Gasteiger partial charge on any atom is -0.377 e. The van der Waals surface area contributed by atoms with Gasteiger partial charge in [0.1, 0.15) is 5.54 Å². The Hall–Kier alpha value is -0.630. The molecule has 1 fully saturated rings. The van der Waals surface area contributed by atoms with Crippen molar-refractivity contribution in [1.29, 1.82) is 5.26 Å². The maximum atomic E-state index is 8.80. The van der Waals surface area contributed by atoms with Gasteiger partial charge in [0.2, 0.25) is 0 Å². The molecule has 0 aromatic carbocycles. The standard InChI is InChI=1S/C12H23N3O/c1-10-11(5-8-16-10)15(3)7-4-6-12(2,14)9-13/h10-11H,4-8,14H2,1-3H3. The summed E-state index contributed by atoms with van der Waals surface area (Å²) in [6, 6.07) is 2.65. The molecule has 92 valence electrons. The summed E-state index contributed by atoms with van der Waals surface area (Å²) in [5.74, 6) is 0. The molecule has 1 saturated heterocycles. The fourth-order valence-corrected chi connectivity index (χ4v) is 2.22. The van der Waals surface area contributed by atoms with Crippen LogP contribution in [-0.4, -0.2) is 42.8 Å². The lowest BCUT2D eigenvalue weighted by Crippen LogP contribution is -2.39. The molecule has 1 aliphatic heterocycles. The van der Waals surface area contributed by atoms with Crippen molar-refractivity contribution in [2.75, 3.05) is 20.2 Å². The average molecular weight is 225 g/mol. The van der Waals surface area contributed by atoms with Crippen molar-refractivity contribution >= 4 is 0 Å². The number of nitriles is 1. The molecule has 4 heteroatoms. The van der Waals surface area contributed by atoms with Gasteiger partial charge in [0, 0.05) is 12.6 Å². The average Bonchev–Trinajstić information content (AvgIpc) is 2.64. The molecule has 0 radical (unpaired) electrons. The van der Waals surface area contributed by atoms with E-state index in [-0.39, 0.29) is 0 Å². The summed E-state index contributed by atoms with van der Waals surface area (Å²) in [7, 11) is 2.12. The lowest BCUT2D eigenvalue weighted by molar-refractivity contribution is 0.0829. The van der Waals surface area contributed by atoms with Gasteiger partial charge in [-0.1, -0.05) is 0 Å². The quantitative estimate of drug-likeness (QED) is 0.761. The lowest BCUT2D eigenvalue weighted by Gasteiger charge is -2.27. The van der Waals surface area contributed by atoms with E-state index < -0.39 is 5.54 Å². The van der Waals surface area contributed by atoms with Crippen LogP contribution in [0.15, 0.2) is 0 Å². The van der Waals surface area contributed by atoms with Crippen LogP contribution >= 0.6 is 0 Å². The van der Waals surface area contributed by atoms with Crippen LogP contribution in [0.25, 0.3) is 0 Å². The zero-order chi connectivity index (χ0) is 12.2. The molecule has 0 aromatic rings. The normalized spacial score (nSPS) is 29.0. The molecule has 1 aliphatic rings. The van der Waals surface area contributed by atoms with Gasteiger partial charge in [-0.05, 0) is 46.7 Å². The molecule has 0 saturated carbocycles. The van der Waals surface area contributed by atoms with E-state index in [1.165, 1.54) is 0 Å². The Morgan fingerprint density at radius 3 is 2.81 bits per heavy atom. The molecule has 0 bridgehead atoms. The summed E-state index contributed by atoms with van der Waals surface area (Å²) in [6.07, 6.45) is 3.14. The highest BCUT2D eigenvalue weighted by Gasteiger charge is 2.27. The van der Waals surface area contributed by atoms with Crippen molar-refractivity contribution in [3.63, 3.8) is 0 Å². The molecular weight excluding hydrogens is 202 g/mol. The summed E-state index contributed by atoms with van der Waals surface area (Å²) < 4.78 is 5.54. The molecule has 4 nitrogen and oxygen atoms in total. The van der Waals surface area contributed by atoms with Gasteiger partial charge in [0.25, 0.3) is 0 Å². The molecule has 0 aromatic heterocycles. The van der Waals surface area contributed by atoms with E-state index in [1.807, 2.05) is 0 Å². The maximum absolute atomic E-state index is 8.80. The molecule has 2 N–H and O–H groups in total. The molecule has 0 spiro atoms. The Morgan fingerprint density at radius 2 is 2.31 bits per heavy atom. The van der Waals surface area contributed by atoms with Gasteiger partial charge in [-0.2, -0.15) is 5.26 Å². The predicted molar refractivity (Wildman–Crippen MR) is 63.9 cm³/mol. The maximum Gasteiger partial charge on any atom is 0.101 e. The van der Waals surface area contributed by atoms with Gasteiger partial charge in [-0.3, -0.25) is 0 Å². The number of hydrogen-bond acceptors (Lipinski definition) is 4. The van der Waals surface area contributed by atoms with Crippen molar-refractivity contribution < 1.29 is 4.74 Å². The second-order valence-corrected chi connectivity index (χ2v) is 5.05. The second kappa shape index (κ2) is 5.62. The minimum atomic E-state index is -0.682. The van der Waals surface area contributed by atoms with Crippen LogP contribution < -0.4 is 5.73 Å². The number of nitrogens with zero attached hydrogens (tertiary/aromatic N) is 2. The van der Waals surface area contributed by atoms with Crippen molar-refractivity contribution in [3.05, 3.63) is 0 Å². The number of rotatable bonds is 5. The van der Waals surface area contributed by atoms with E-state index in [9.17, 15) is 0 Å². The number of hydrogen-bond donors (Lipinski definition) is 1. The Morgan fingerprint density at radius 1 is 1.62 bits per heavy atom. The third-order valence-corrected chi connectivity index (χ3v) is 3.36. The molecule has 0 aliphatic carbocycles. The van der Waals surface area contributed by atoms with Crippen LogP contribution in [0.1, 0.15) is 33.1 Å². The first kappa shape index (κ1) is 13.4. The van der Waals surface area contributed by atoms with Crippen molar-refractivity contribution in [1.82, 2.24) is 4.90 Å². The Kier molecular flexibility index (Phi) is 4.72. The highest BCUT2D eigenvalue weighted by Crippen LogP contribution is 2.19. The van der Waals surface area contributed by atoms with Crippen LogP contribution in [0.5, 0.6) is 0 Å². The zero-order valence-electron chi connectivity index (χ0n) is 10.6. The molecule has 3 atom stereocenters. The Balaban J connectivity index is 2.25. The van der Waals surface area contributed by atoms with E-state index in [0.29, 0.717) is 12.1 Å². The third kappa shape index (κ3) is 3.75. The topological polar surface area (TPSA) is 62.3 Å². The number of nitrogens with two attached hydrogens (primary N) is 1. The van der Waals surface area contributed by atoms with Gasteiger partial charge in [0.15, 0.2) is 0 Å². The molecule has 16 heavy (non-hydrogen) atoms. The zero-order valence-corrected chi connectivity index (χ0v) is 10.6. The first-order valence-corrected chi connectivity index (χ1v) is 5.98. The van der Waals surface area contributed by atoms with Gasteiger partial charge >= 0.3 is 0 Å². The molecule has 0 amide bonds. The summed E-state index contributed by atoms with van der Waals surface area (Å²) in [4.78, 5) is 2.32. The van der Waals surface area contributed by atoms with E-state index >= 15 is 0 Å². The van der Waals surface area contributed by atoms with Gasteiger partial charge in [0.05, 0.1) is 12.2 Å². The van der Waals surface area contributed by atoms with Crippen molar-refractivity contribution in [2.24, 2.45) is 5.73 Å². The van der Waals surface area contributed by atoms with E-state index in [2.05, 4.69) is 24.9 Å². The first-order chi connectivity index (χ1) is 7.46. The first-order valence-electron chi connectivity index (χ1n) is 5.98. The highest BCUT2D eigenvalue weighted by molar-refractivity contribution is 5.00. The van der Waals surface area contributed by atoms with Crippen LogP contribution in [0, 0.1) is 11.3 Å². The molecule has 3 unspecified atom stereocenters. The van der Waals surface area contributed by atoms with Crippen LogP contribution in [0.3, 0.4) is 0 Å². The Bertz CT molecular complexity index is 259. The van der Waals surface area contributed by atoms with Crippen LogP contribution in [0.4, 0.5) is 0 Å². The summed E-state index contributed by atoms with van der Waals surface area (Å²) in [5.41, 5.74) is 5.10. The van der Waals surface area contributed by atoms with Gasteiger partial charge < -0.3 is 15.4 Å². The van der Waals surface area contributed by atoms with Crippen molar-refractivity contribution in [3.8, 4) is 6.07 Å². The van der Waals surface area contributed by atoms with E-state index in [0.717, 1.165) is 32.4 Å².